The number of carbonyl (C=O) groups is 1. The lowest BCUT2D eigenvalue weighted by molar-refractivity contribution is 0.251. The topological polar surface area (TPSA) is 66.9 Å². The lowest BCUT2D eigenvalue weighted by Crippen LogP contribution is -2.28. The van der Waals surface area contributed by atoms with Crippen LogP contribution in [0.2, 0.25) is 0 Å². The first-order chi connectivity index (χ1) is 9.54. The summed E-state index contributed by atoms with van der Waals surface area (Å²) in [6.07, 6.45) is 3.31. The molecule has 0 aliphatic rings. The van der Waals surface area contributed by atoms with Crippen molar-refractivity contribution in [1.82, 2.24) is 15.3 Å². The minimum atomic E-state index is -0.296. The number of carbonyl (C=O) groups excluding carboxylic acids is 1. The largest absolute Gasteiger partial charge is 0.332 e. The summed E-state index contributed by atoms with van der Waals surface area (Å²) in [5.41, 5.74) is 2.25. The Kier molecular flexibility index (Phi) is 5.08. The number of rotatable bonds is 3. The normalized spacial score (nSPS) is 10.2. The number of anilines is 1. The molecule has 2 N–H and O–H groups in total. The summed E-state index contributed by atoms with van der Waals surface area (Å²) in [6.45, 7) is 2.19. The van der Waals surface area contributed by atoms with Crippen molar-refractivity contribution in [2.24, 2.45) is 0 Å². The molecule has 2 amide bonds. The second-order valence-corrected chi connectivity index (χ2v) is 5.85. The van der Waals surface area contributed by atoms with Gasteiger partial charge in [0.15, 0.2) is 0 Å². The molecule has 0 atom stereocenters. The highest BCUT2D eigenvalue weighted by Crippen LogP contribution is 2.25. The van der Waals surface area contributed by atoms with Crippen molar-refractivity contribution >= 4 is 43.6 Å². The lowest BCUT2D eigenvalue weighted by atomic mass is 10.3. The predicted molar refractivity (Wildman–Crippen MR) is 84.5 cm³/mol. The summed E-state index contributed by atoms with van der Waals surface area (Å²) < 4.78 is 1.74. The fourth-order valence-electron chi connectivity index (χ4n) is 1.44. The summed E-state index contributed by atoms with van der Waals surface area (Å²) in [6, 6.07) is 5.22. The van der Waals surface area contributed by atoms with Gasteiger partial charge in [-0.15, -0.1) is 0 Å². The summed E-state index contributed by atoms with van der Waals surface area (Å²) in [4.78, 5) is 20.1. The van der Waals surface area contributed by atoms with Crippen molar-refractivity contribution < 1.29 is 4.79 Å². The minimum absolute atomic E-state index is 0.296. The zero-order chi connectivity index (χ0) is 14.5. The van der Waals surface area contributed by atoms with Gasteiger partial charge < -0.3 is 10.6 Å². The highest BCUT2D eigenvalue weighted by Gasteiger charge is 2.06. The Bertz CT molecular complexity index is 616. The molecule has 20 heavy (non-hydrogen) atoms. The molecule has 1 aromatic carbocycles. The number of urea groups is 1. The van der Waals surface area contributed by atoms with Gasteiger partial charge in [-0.1, -0.05) is 15.9 Å². The molecule has 0 saturated carbocycles. The molecule has 1 aromatic heterocycles. The molecule has 0 fully saturated rings. The monoisotopic (exact) mass is 398 g/mol. The van der Waals surface area contributed by atoms with E-state index < -0.39 is 0 Å². The number of nitrogens with one attached hydrogen (secondary N) is 2. The molecule has 1 heterocycles. The summed E-state index contributed by atoms with van der Waals surface area (Å²) >= 11 is 6.74. The number of nitrogens with zero attached hydrogens (tertiary/aromatic N) is 2. The van der Waals surface area contributed by atoms with E-state index in [4.69, 9.17) is 0 Å². The van der Waals surface area contributed by atoms with Crippen LogP contribution in [0.5, 0.6) is 0 Å². The van der Waals surface area contributed by atoms with Gasteiger partial charge in [0.25, 0.3) is 0 Å². The molecular formula is C13H12Br2N4O. The van der Waals surface area contributed by atoms with Crippen molar-refractivity contribution in [3.63, 3.8) is 0 Å². The van der Waals surface area contributed by atoms with Crippen LogP contribution in [-0.4, -0.2) is 16.0 Å². The third-order valence-electron chi connectivity index (χ3n) is 2.44. The van der Waals surface area contributed by atoms with Crippen LogP contribution in [0.1, 0.15) is 11.4 Å². The summed E-state index contributed by atoms with van der Waals surface area (Å²) in [7, 11) is 0. The SMILES string of the molecule is Cc1cnc(CNC(=O)Nc2ccc(Br)cc2Br)cn1. The molecule has 0 aliphatic carbocycles. The smallest absolute Gasteiger partial charge is 0.319 e. The van der Waals surface area contributed by atoms with Crippen molar-refractivity contribution in [1.29, 1.82) is 0 Å². The molecule has 104 valence electrons. The number of amides is 2. The Morgan fingerprint density at radius 2 is 2.05 bits per heavy atom. The van der Waals surface area contributed by atoms with Crippen LogP contribution in [0.4, 0.5) is 10.5 Å². The van der Waals surface area contributed by atoms with Crippen molar-refractivity contribution in [2.45, 2.75) is 13.5 Å². The molecule has 0 aliphatic heterocycles. The van der Waals surface area contributed by atoms with Gasteiger partial charge in [0.2, 0.25) is 0 Å². The van der Waals surface area contributed by atoms with Gasteiger partial charge >= 0.3 is 6.03 Å². The highest BCUT2D eigenvalue weighted by molar-refractivity contribution is 9.11. The van der Waals surface area contributed by atoms with Gasteiger partial charge in [0, 0.05) is 15.1 Å². The second-order valence-electron chi connectivity index (χ2n) is 4.08. The average molecular weight is 400 g/mol. The third-order valence-corrected chi connectivity index (χ3v) is 3.59. The molecule has 2 rings (SSSR count). The zero-order valence-electron chi connectivity index (χ0n) is 10.7. The Balaban J connectivity index is 1.90. The first-order valence-corrected chi connectivity index (χ1v) is 7.40. The molecule has 0 bridgehead atoms. The Hall–Kier alpha value is -1.47. The molecule has 2 aromatic rings. The van der Waals surface area contributed by atoms with E-state index in [9.17, 15) is 4.79 Å². The predicted octanol–water partition coefficient (Wildman–Crippen LogP) is 3.63. The van der Waals surface area contributed by atoms with Gasteiger partial charge in [-0.3, -0.25) is 9.97 Å². The maximum atomic E-state index is 11.8. The Morgan fingerprint density at radius 1 is 1.25 bits per heavy atom. The quantitative estimate of drug-likeness (QED) is 0.827. The summed E-state index contributed by atoms with van der Waals surface area (Å²) in [5, 5.41) is 5.48. The molecule has 0 spiro atoms. The maximum absolute atomic E-state index is 11.8. The Labute approximate surface area is 133 Å². The van der Waals surface area contributed by atoms with Gasteiger partial charge in [-0.05, 0) is 41.1 Å². The first kappa shape index (κ1) is 14.9. The molecule has 7 heteroatoms. The zero-order valence-corrected chi connectivity index (χ0v) is 13.8. The molecule has 0 radical (unpaired) electrons. The van der Waals surface area contributed by atoms with Crippen molar-refractivity contribution in [2.75, 3.05) is 5.32 Å². The van der Waals surface area contributed by atoms with E-state index in [1.54, 1.807) is 18.5 Å². The van der Waals surface area contributed by atoms with Crippen LogP contribution < -0.4 is 10.6 Å². The van der Waals surface area contributed by atoms with E-state index >= 15 is 0 Å². The van der Waals surface area contributed by atoms with Crippen LogP contribution in [-0.2, 0) is 6.54 Å². The van der Waals surface area contributed by atoms with E-state index in [-0.39, 0.29) is 6.03 Å². The summed E-state index contributed by atoms with van der Waals surface area (Å²) in [5.74, 6) is 0. The van der Waals surface area contributed by atoms with Crippen molar-refractivity contribution in [3.05, 3.63) is 50.9 Å². The minimum Gasteiger partial charge on any atom is -0.332 e. The second kappa shape index (κ2) is 6.81. The highest BCUT2D eigenvalue weighted by atomic mass is 79.9. The van der Waals surface area contributed by atoms with Crippen LogP contribution in [0, 0.1) is 6.92 Å². The Morgan fingerprint density at radius 3 is 2.70 bits per heavy atom. The fourth-order valence-corrected chi connectivity index (χ4v) is 2.59. The van der Waals surface area contributed by atoms with Crippen LogP contribution in [0.3, 0.4) is 0 Å². The van der Waals surface area contributed by atoms with Gasteiger partial charge in [-0.2, -0.15) is 0 Å². The molecular weight excluding hydrogens is 388 g/mol. The number of hydrogen-bond donors (Lipinski definition) is 2. The van der Waals surface area contributed by atoms with Gasteiger partial charge in [-0.25, -0.2) is 4.79 Å². The fraction of sp³-hybridized carbons (Fsp3) is 0.154. The maximum Gasteiger partial charge on any atom is 0.319 e. The number of aromatic nitrogens is 2. The van der Waals surface area contributed by atoms with E-state index in [1.165, 1.54) is 0 Å². The average Bonchev–Trinajstić information content (AvgIpc) is 2.41. The van der Waals surface area contributed by atoms with Crippen molar-refractivity contribution in [3.8, 4) is 0 Å². The van der Waals surface area contributed by atoms with E-state index in [1.807, 2.05) is 19.1 Å². The van der Waals surface area contributed by atoms with E-state index in [0.29, 0.717) is 17.9 Å². The van der Waals surface area contributed by atoms with Gasteiger partial charge in [0.1, 0.15) is 0 Å². The number of halogens is 2. The van der Waals surface area contributed by atoms with Crippen LogP contribution in [0.25, 0.3) is 0 Å². The third kappa shape index (κ3) is 4.28. The van der Waals surface area contributed by atoms with Crippen LogP contribution in [0.15, 0.2) is 39.5 Å². The number of benzene rings is 1. The molecule has 5 nitrogen and oxygen atoms in total. The molecule has 0 saturated heterocycles. The standard InChI is InChI=1S/C13H12Br2N4O/c1-8-5-17-10(6-16-8)7-18-13(20)19-12-3-2-9(14)4-11(12)15/h2-6H,7H2,1H3,(H2,18,19,20). The number of aryl methyl sites for hydroxylation is 1. The van der Waals surface area contributed by atoms with E-state index in [0.717, 1.165) is 14.6 Å². The number of hydrogen-bond acceptors (Lipinski definition) is 3. The lowest BCUT2D eigenvalue weighted by Gasteiger charge is -2.09. The molecule has 0 unspecified atom stereocenters. The van der Waals surface area contributed by atoms with E-state index in [2.05, 4.69) is 52.5 Å². The van der Waals surface area contributed by atoms with Gasteiger partial charge in [0.05, 0.1) is 29.8 Å². The first-order valence-electron chi connectivity index (χ1n) is 5.82. The van der Waals surface area contributed by atoms with Crippen LogP contribution >= 0.6 is 31.9 Å².